The van der Waals surface area contributed by atoms with Crippen molar-refractivity contribution in [2.24, 2.45) is 0 Å². The molecule has 0 rings (SSSR count). The van der Waals surface area contributed by atoms with Gasteiger partial charge in [-0.15, -0.1) is 5.54 Å². The molecule has 0 amide bonds. The normalized spacial score (nSPS) is 12.2. The zero-order valence-electron chi connectivity index (χ0n) is 8.12. The fourth-order valence-corrected chi connectivity index (χ4v) is 1.33. The Morgan fingerprint density at radius 2 is 1.73 bits per heavy atom. The monoisotopic (exact) mass is 169 g/mol. The minimum atomic E-state index is -1.49. The standard InChI is InChI=1S/C9H17OSi/c1-9(2,3)11(4,5)8-6-7-10/h7H2,1-5H3. The van der Waals surface area contributed by atoms with Crippen molar-refractivity contribution in [3.8, 4) is 11.5 Å². The van der Waals surface area contributed by atoms with Crippen LogP contribution in [0.2, 0.25) is 18.1 Å². The zero-order valence-corrected chi connectivity index (χ0v) is 9.12. The third-order valence-electron chi connectivity index (χ3n) is 2.35. The molecule has 0 fully saturated rings. The van der Waals surface area contributed by atoms with Crippen molar-refractivity contribution < 1.29 is 5.11 Å². The van der Waals surface area contributed by atoms with Crippen LogP contribution in [0.3, 0.4) is 0 Å². The van der Waals surface area contributed by atoms with Crippen molar-refractivity contribution in [1.82, 2.24) is 0 Å². The van der Waals surface area contributed by atoms with Crippen molar-refractivity contribution in [2.75, 3.05) is 6.61 Å². The van der Waals surface area contributed by atoms with Gasteiger partial charge < -0.3 is 0 Å². The highest BCUT2D eigenvalue weighted by molar-refractivity contribution is 6.87. The van der Waals surface area contributed by atoms with Crippen LogP contribution in [0.1, 0.15) is 20.8 Å². The largest absolute Gasteiger partial charge is 0.223 e. The Kier molecular flexibility index (Phi) is 3.34. The predicted octanol–water partition coefficient (Wildman–Crippen LogP) is 2.47. The molecule has 0 saturated heterocycles. The van der Waals surface area contributed by atoms with Crippen molar-refractivity contribution in [2.45, 2.75) is 38.9 Å². The van der Waals surface area contributed by atoms with E-state index in [1.54, 1.807) is 0 Å². The summed E-state index contributed by atoms with van der Waals surface area (Å²) >= 11 is 0. The lowest BCUT2D eigenvalue weighted by Crippen LogP contribution is -2.35. The summed E-state index contributed by atoms with van der Waals surface area (Å²) in [4.78, 5) is 0. The molecule has 1 nitrogen and oxygen atoms in total. The van der Waals surface area contributed by atoms with Gasteiger partial charge in [0.05, 0.1) is 0 Å². The van der Waals surface area contributed by atoms with Crippen molar-refractivity contribution in [3.05, 3.63) is 0 Å². The molecular weight excluding hydrogens is 152 g/mol. The van der Waals surface area contributed by atoms with Crippen molar-refractivity contribution in [3.63, 3.8) is 0 Å². The van der Waals surface area contributed by atoms with Gasteiger partial charge in [0, 0.05) is 0 Å². The zero-order chi connectivity index (χ0) is 9.12. The molecule has 1 radical (unpaired) electrons. The van der Waals surface area contributed by atoms with Gasteiger partial charge in [-0.1, -0.05) is 39.8 Å². The van der Waals surface area contributed by atoms with Crippen LogP contribution in [0.15, 0.2) is 0 Å². The molecule has 0 aliphatic heterocycles. The smallest absolute Gasteiger partial charge is 0.142 e. The molecule has 0 aromatic carbocycles. The molecule has 11 heavy (non-hydrogen) atoms. The Balaban J connectivity index is 4.47. The van der Waals surface area contributed by atoms with E-state index in [4.69, 9.17) is 0 Å². The van der Waals surface area contributed by atoms with Gasteiger partial charge in [0.2, 0.25) is 0 Å². The second kappa shape index (κ2) is 3.42. The maximum absolute atomic E-state index is 10.2. The van der Waals surface area contributed by atoms with Gasteiger partial charge in [0.15, 0.2) is 0 Å². The highest BCUT2D eigenvalue weighted by Gasteiger charge is 2.33. The molecule has 0 aliphatic carbocycles. The molecule has 2 heteroatoms. The van der Waals surface area contributed by atoms with Crippen LogP contribution in [-0.4, -0.2) is 14.7 Å². The second-order valence-electron chi connectivity index (χ2n) is 4.32. The minimum absolute atomic E-state index is 0.257. The summed E-state index contributed by atoms with van der Waals surface area (Å²) in [7, 11) is -1.49. The topological polar surface area (TPSA) is 19.9 Å². The first kappa shape index (κ1) is 10.7. The molecular formula is C9H17OSi. The Bertz CT molecular complexity index is 178. The molecule has 0 unspecified atom stereocenters. The lowest BCUT2D eigenvalue weighted by molar-refractivity contribution is 0.239. The lowest BCUT2D eigenvalue weighted by atomic mass is 10.2. The van der Waals surface area contributed by atoms with Gasteiger partial charge in [-0.25, -0.2) is 5.11 Å². The summed E-state index contributed by atoms with van der Waals surface area (Å²) in [6.07, 6.45) is 0. The Labute approximate surface area is 70.8 Å². The molecule has 0 aliphatic rings. The predicted molar refractivity (Wildman–Crippen MR) is 50.5 cm³/mol. The van der Waals surface area contributed by atoms with E-state index >= 15 is 0 Å². The highest BCUT2D eigenvalue weighted by Crippen LogP contribution is 2.34. The van der Waals surface area contributed by atoms with Crippen LogP contribution in [0.5, 0.6) is 0 Å². The van der Waals surface area contributed by atoms with Crippen LogP contribution in [0, 0.1) is 11.5 Å². The SMILES string of the molecule is CC(C)(C)[Si](C)(C)C#CC[O]. The summed E-state index contributed by atoms with van der Waals surface area (Å²) in [5, 5.41) is 10.4. The van der Waals surface area contributed by atoms with Gasteiger partial charge in [-0.05, 0) is 5.04 Å². The van der Waals surface area contributed by atoms with E-state index in [0.29, 0.717) is 0 Å². The van der Waals surface area contributed by atoms with E-state index in [9.17, 15) is 5.11 Å². The minimum Gasteiger partial charge on any atom is -0.223 e. The van der Waals surface area contributed by atoms with E-state index in [1.165, 1.54) is 0 Å². The van der Waals surface area contributed by atoms with Crippen LogP contribution < -0.4 is 0 Å². The van der Waals surface area contributed by atoms with Gasteiger partial charge in [0.25, 0.3) is 0 Å². The molecule has 63 valence electrons. The van der Waals surface area contributed by atoms with Crippen LogP contribution in [0.4, 0.5) is 0 Å². The summed E-state index contributed by atoms with van der Waals surface area (Å²) < 4.78 is 0. The van der Waals surface area contributed by atoms with E-state index < -0.39 is 8.07 Å². The van der Waals surface area contributed by atoms with Crippen LogP contribution in [0.25, 0.3) is 0 Å². The molecule has 0 spiro atoms. The Hall–Kier alpha value is -0.263. The second-order valence-corrected chi connectivity index (χ2v) is 9.32. The summed E-state index contributed by atoms with van der Waals surface area (Å²) in [6.45, 7) is 10.7. The summed E-state index contributed by atoms with van der Waals surface area (Å²) in [6, 6.07) is 0. The van der Waals surface area contributed by atoms with Crippen molar-refractivity contribution in [1.29, 1.82) is 0 Å². The third kappa shape index (κ3) is 3.09. The first-order chi connectivity index (χ1) is 4.81. The van der Waals surface area contributed by atoms with E-state index in [2.05, 4.69) is 45.3 Å². The third-order valence-corrected chi connectivity index (χ3v) is 6.90. The molecule has 0 bridgehead atoms. The number of rotatable bonds is 0. The summed E-state index contributed by atoms with van der Waals surface area (Å²) in [5.41, 5.74) is 3.12. The van der Waals surface area contributed by atoms with E-state index in [1.807, 2.05) is 0 Å². The van der Waals surface area contributed by atoms with E-state index in [0.717, 1.165) is 0 Å². The molecule has 0 aromatic heterocycles. The van der Waals surface area contributed by atoms with Gasteiger partial charge in [0.1, 0.15) is 14.7 Å². The maximum atomic E-state index is 10.2. The summed E-state index contributed by atoms with van der Waals surface area (Å²) in [5.74, 6) is 2.65. The number of hydrogen-bond donors (Lipinski definition) is 0. The molecule has 0 N–H and O–H groups in total. The lowest BCUT2D eigenvalue weighted by Gasteiger charge is -2.31. The average molecular weight is 169 g/mol. The fourth-order valence-electron chi connectivity index (χ4n) is 0.445. The van der Waals surface area contributed by atoms with Crippen molar-refractivity contribution >= 4 is 8.07 Å². The molecule has 0 heterocycles. The first-order valence-electron chi connectivity index (χ1n) is 3.89. The molecule has 0 atom stereocenters. The van der Waals surface area contributed by atoms with Crippen LogP contribution >= 0.6 is 0 Å². The van der Waals surface area contributed by atoms with Crippen LogP contribution in [-0.2, 0) is 5.11 Å². The number of hydrogen-bond acceptors (Lipinski definition) is 0. The molecule has 0 aromatic rings. The van der Waals surface area contributed by atoms with E-state index in [-0.39, 0.29) is 11.6 Å². The highest BCUT2D eigenvalue weighted by atomic mass is 28.3. The van der Waals surface area contributed by atoms with Gasteiger partial charge in [-0.3, -0.25) is 0 Å². The fraction of sp³-hybridized carbons (Fsp3) is 0.778. The Morgan fingerprint density at radius 3 is 2.00 bits per heavy atom. The van der Waals surface area contributed by atoms with Gasteiger partial charge in [-0.2, -0.15) is 0 Å². The Morgan fingerprint density at radius 1 is 1.27 bits per heavy atom. The first-order valence-corrected chi connectivity index (χ1v) is 6.89. The van der Waals surface area contributed by atoms with Gasteiger partial charge >= 0.3 is 0 Å². The average Bonchev–Trinajstić information content (AvgIpc) is 1.81. The quantitative estimate of drug-likeness (QED) is 0.392. The maximum Gasteiger partial charge on any atom is 0.142 e. The molecule has 0 saturated carbocycles.